The van der Waals surface area contributed by atoms with Gasteiger partial charge in [0.15, 0.2) is 0 Å². The molecule has 1 heterocycles. The molecule has 0 amide bonds. The van der Waals surface area contributed by atoms with Gasteiger partial charge in [-0.15, -0.1) is 0 Å². The Labute approximate surface area is 89.7 Å². The highest BCUT2D eigenvalue weighted by molar-refractivity contribution is 6.30. The minimum absolute atomic E-state index is 0.380. The molecule has 1 fully saturated rings. The molecule has 1 aromatic rings. The van der Waals surface area contributed by atoms with E-state index in [9.17, 15) is 0 Å². The minimum Gasteiger partial charge on any atom is -0.371 e. The normalized spacial score (nSPS) is 18.6. The largest absolute Gasteiger partial charge is 0.371 e. The highest BCUT2D eigenvalue weighted by Gasteiger charge is 2.15. The van der Waals surface area contributed by atoms with Crippen molar-refractivity contribution in [1.82, 2.24) is 0 Å². The molecule has 0 aliphatic carbocycles. The van der Waals surface area contributed by atoms with Gasteiger partial charge in [-0.05, 0) is 31.0 Å². The summed E-state index contributed by atoms with van der Waals surface area (Å²) in [4.78, 5) is 2.34. The predicted octanol–water partition coefficient (Wildman–Crippen LogP) is 2.27. The van der Waals surface area contributed by atoms with Crippen molar-refractivity contribution in [1.29, 1.82) is 0 Å². The summed E-state index contributed by atoms with van der Waals surface area (Å²) in [5.74, 6) is 0. The first-order chi connectivity index (χ1) is 6.75. The molecular formula is C11H15ClN2. The van der Waals surface area contributed by atoms with Crippen molar-refractivity contribution >= 4 is 17.3 Å². The van der Waals surface area contributed by atoms with Crippen LogP contribution in [0.15, 0.2) is 24.3 Å². The number of nitrogens with two attached hydrogens (primary N) is 1. The molecule has 0 radical (unpaired) electrons. The maximum absolute atomic E-state index is 5.94. The van der Waals surface area contributed by atoms with E-state index >= 15 is 0 Å². The number of hydrogen-bond donors (Lipinski definition) is 1. The maximum atomic E-state index is 5.94. The van der Waals surface area contributed by atoms with Crippen molar-refractivity contribution in [2.75, 3.05) is 18.0 Å². The molecule has 0 aromatic heterocycles. The molecular weight excluding hydrogens is 196 g/mol. The van der Waals surface area contributed by atoms with E-state index in [0.29, 0.717) is 6.04 Å². The van der Waals surface area contributed by atoms with Crippen LogP contribution in [0.1, 0.15) is 12.8 Å². The molecule has 2 nitrogen and oxygen atoms in total. The van der Waals surface area contributed by atoms with Crippen LogP contribution in [-0.4, -0.2) is 19.1 Å². The zero-order chi connectivity index (χ0) is 9.97. The van der Waals surface area contributed by atoms with Gasteiger partial charge < -0.3 is 10.6 Å². The average molecular weight is 211 g/mol. The molecule has 14 heavy (non-hydrogen) atoms. The number of piperidine rings is 1. The Kier molecular flexibility index (Phi) is 2.94. The molecule has 0 bridgehead atoms. The van der Waals surface area contributed by atoms with Crippen LogP contribution in [0.25, 0.3) is 0 Å². The number of rotatable bonds is 1. The zero-order valence-corrected chi connectivity index (χ0v) is 8.87. The summed E-state index contributed by atoms with van der Waals surface area (Å²) in [6.45, 7) is 2.09. The van der Waals surface area contributed by atoms with Gasteiger partial charge in [0.2, 0.25) is 0 Å². The molecule has 1 aromatic carbocycles. The summed E-state index contributed by atoms with van der Waals surface area (Å²) in [5, 5.41) is 0.803. The Morgan fingerprint density at radius 3 is 2.64 bits per heavy atom. The van der Waals surface area contributed by atoms with Gasteiger partial charge in [0.05, 0.1) is 0 Å². The van der Waals surface area contributed by atoms with Crippen LogP contribution >= 0.6 is 11.6 Å². The summed E-state index contributed by atoms with van der Waals surface area (Å²) >= 11 is 5.94. The summed E-state index contributed by atoms with van der Waals surface area (Å²) in [5.41, 5.74) is 7.06. The Morgan fingerprint density at radius 2 is 2.00 bits per heavy atom. The Morgan fingerprint density at radius 1 is 1.29 bits per heavy atom. The smallest absolute Gasteiger partial charge is 0.0426 e. The van der Waals surface area contributed by atoms with E-state index < -0.39 is 0 Å². The number of benzene rings is 1. The third kappa shape index (κ3) is 2.20. The molecule has 1 saturated heterocycles. The van der Waals surface area contributed by atoms with E-state index in [2.05, 4.69) is 11.0 Å². The van der Waals surface area contributed by atoms with Crippen LogP contribution in [0.4, 0.5) is 5.69 Å². The number of nitrogens with zero attached hydrogens (tertiary/aromatic N) is 1. The fourth-order valence-electron chi connectivity index (χ4n) is 1.83. The van der Waals surface area contributed by atoms with Gasteiger partial charge in [0.1, 0.15) is 0 Å². The quantitative estimate of drug-likeness (QED) is 0.771. The molecule has 2 rings (SSSR count). The second-order valence-corrected chi connectivity index (χ2v) is 4.24. The SMILES string of the molecule is NC1CCN(c2cccc(Cl)c2)CC1. The van der Waals surface area contributed by atoms with Crippen LogP contribution in [0.3, 0.4) is 0 Å². The summed E-state index contributed by atoms with van der Waals surface area (Å²) < 4.78 is 0. The van der Waals surface area contributed by atoms with Gasteiger partial charge in [-0.25, -0.2) is 0 Å². The monoisotopic (exact) mass is 210 g/mol. The molecule has 2 N–H and O–H groups in total. The lowest BCUT2D eigenvalue weighted by Gasteiger charge is -2.32. The lowest BCUT2D eigenvalue weighted by molar-refractivity contribution is 0.501. The standard InChI is InChI=1S/C11H15ClN2/c12-9-2-1-3-11(8-9)14-6-4-10(13)5-7-14/h1-3,8,10H,4-7,13H2. The molecule has 76 valence electrons. The first kappa shape index (κ1) is 9.81. The van der Waals surface area contributed by atoms with E-state index in [1.165, 1.54) is 5.69 Å². The lowest BCUT2D eigenvalue weighted by Crippen LogP contribution is -2.39. The predicted molar refractivity (Wildman–Crippen MR) is 60.9 cm³/mol. The molecule has 0 atom stereocenters. The summed E-state index contributed by atoms with van der Waals surface area (Å²) in [6.07, 6.45) is 2.15. The molecule has 0 unspecified atom stereocenters. The van der Waals surface area contributed by atoms with Crippen LogP contribution < -0.4 is 10.6 Å². The Hall–Kier alpha value is -0.730. The van der Waals surface area contributed by atoms with E-state index in [1.807, 2.05) is 18.2 Å². The Balaban J connectivity index is 2.08. The number of halogens is 1. The molecule has 0 saturated carbocycles. The second-order valence-electron chi connectivity index (χ2n) is 3.80. The molecule has 1 aliphatic heterocycles. The van der Waals surface area contributed by atoms with Crippen molar-refractivity contribution in [3.8, 4) is 0 Å². The van der Waals surface area contributed by atoms with Gasteiger partial charge in [0.25, 0.3) is 0 Å². The van der Waals surface area contributed by atoms with Gasteiger partial charge in [-0.3, -0.25) is 0 Å². The molecule has 1 aliphatic rings. The van der Waals surface area contributed by atoms with Crippen molar-refractivity contribution in [3.05, 3.63) is 29.3 Å². The van der Waals surface area contributed by atoms with Crippen molar-refractivity contribution in [3.63, 3.8) is 0 Å². The van der Waals surface area contributed by atoms with Gasteiger partial charge in [-0.2, -0.15) is 0 Å². The third-order valence-electron chi connectivity index (χ3n) is 2.71. The van der Waals surface area contributed by atoms with Gasteiger partial charge >= 0.3 is 0 Å². The average Bonchev–Trinajstić information content (AvgIpc) is 2.19. The summed E-state index contributed by atoms with van der Waals surface area (Å²) in [7, 11) is 0. The van der Waals surface area contributed by atoms with Crippen LogP contribution in [0.2, 0.25) is 5.02 Å². The lowest BCUT2D eigenvalue weighted by atomic mass is 10.1. The molecule has 0 spiro atoms. The fraction of sp³-hybridized carbons (Fsp3) is 0.455. The van der Waals surface area contributed by atoms with Gasteiger partial charge in [-0.1, -0.05) is 17.7 Å². The van der Waals surface area contributed by atoms with Gasteiger partial charge in [0, 0.05) is 29.8 Å². The van der Waals surface area contributed by atoms with Crippen LogP contribution in [-0.2, 0) is 0 Å². The maximum Gasteiger partial charge on any atom is 0.0426 e. The first-order valence-electron chi connectivity index (χ1n) is 5.02. The number of anilines is 1. The van der Waals surface area contributed by atoms with Crippen molar-refractivity contribution < 1.29 is 0 Å². The first-order valence-corrected chi connectivity index (χ1v) is 5.39. The number of hydrogen-bond acceptors (Lipinski definition) is 2. The Bertz CT molecular complexity index is 306. The van der Waals surface area contributed by atoms with E-state index in [-0.39, 0.29) is 0 Å². The van der Waals surface area contributed by atoms with E-state index in [4.69, 9.17) is 17.3 Å². The molecule has 3 heteroatoms. The second kappa shape index (κ2) is 4.20. The van der Waals surface area contributed by atoms with E-state index in [1.54, 1.807) is 0 Å². The van der Waals surface area contributed by atoms with Crippen LogP contribution in [0.5, 0.6) is 0 Å². The van der Waals surface area contributed by atoms with E-state index in [0.717, 1.165) is 31.0 Å². The van der Waals surface area contributed by atoms with Crippen molar-refractivity contribution in [2.45, 2.75) is 18.9 Å². The fourth-order valence-corrected chi connectivity index (χ4v) is 2.02. The zero-order valence-electron chi connectivity index (χ0n) is 8.12. The third-order valence-corrected chi connectivity index (χ3v) is 2.95. The highest BCUT2D eigenvalue weighted by Crippen LogP contribution is 2.22. The topological polar surface area (TPSA) is 29.3 Å². The van der Waals surface area contributed by atoms with Crippen LogP contribution in [0, 0.1) is 0 Å². The minimum atomic E-state index is 0.380. The van der Waals surface area contributed by atoms with Crippen molar-refractivity contribution in [2.24, 2.45) is 5.73 Å². The summed E-state index contributed by atoms with van der Waals surface area (Å²) in [6, 6.07) is 8.39. The highest BCUT2D eigenvalue weighted by atomic mass is 35.5.